The monoisotopic (exact) mass is 298 g/mol. The van der Waals surface area contributed by atoms with E-state index >= 15 is 0 Å². The maximum absolute atomic E-state index is 10.2. The lowest BCUT2D eigenvalue weighted by molar-refractivity contribution is -0.309. The molecule has 1 heterocycles. The number of rotatable bonds is 6. The van der Waals surface area contributed by atoms with Crippen LogP contribution < -0.4 is 0 Å². The van der Waals surface area contributed by atoms with Crippen LogP contribution in [-0.2, 0) is 25.6 Å². The SMILES string of the molecule is CO[C@H]1O[C@H](CO)[C@@H](O)[C@H](OC)[C@H]1OCc1ccccc1. The van der Waals surface area contributed by atoms with E-state index in [2.05, 4.69) is 0 Å². The molecule has 5 atom stereocenters. The van der Waals surface area contributed by atoms with Crippen LogP contribution in [0.1, 0.15) is 5.56 Å². The number of aliphatic hydroxyl groups excluding tert-OH is 2. The Labute approximate surface area is 124 Å². The first-order chi connectivity index (χ1) is 10.2. The topological polar surface area (TPSA) is 77.4 Å². The van der Waals surface area contributed by atoms with Crippen LogP contribution in [0.4, 0.5) is 0 Å². The van der Waals surface area contributed by atoms with E-state index in [9.17, 15) is 10.2 Å². The first kappa shape index (κ1) is 16.4. The number of ether oxygens (including phenoxy) is 4. The largest absolute Gasteiger partial charge is 0.394 e. The van der Waals surface area contributed by atoms with E-state index in [1.54, 1.807) is 0 Å². The third kappa shape index (κ3) is 3.79. The third-order valence-electron chi connectivity index (χ3n) is 3.59. The molecule has 1 aliphatic heterocycles. The van der Waals surface area contributed by atoms with Crippen LogP contribution in [-0.4, -0.2) is 61.7 Å². The molecule has 0 bridgehead atoms. The molecule has 0 aromatic heterocycles. The second-order valence-corrected chi connectivity index (χ2v) is 4.91. The Bertz CT molecular complexity index is 412. The van der Waals surface area contributed by atoms with Crippen molar-refractivity contribution in [3.63, 3.8) is 0 Å². The summed E-state index contributed by atoms with van der Waals surface area (Å²) in [5.41, 5.74) is 1.00. The smallest absolute Gasteiger partial charge is 0.186 e. The Hall–Kier alpha value is -1.02. The van der Waals surface area contributed by atoms with E-state index in [0.29, 0.717) is 6.61 Å². The molecule has 1 fully saturated rings. The minimum atomic E-state index is -0.979. The van der Waals surface area contributed by atoms with E-state index in [1.165, 1.54) is 14.2 Å². The van der Waals surface area contributed by atoms with Crippen LogP contribution in [0.5, 0.6) is 0 Å². The van der Waals surface area contributed by atoms with Crippen LogP contribution in [0.15, 0.2) is 30.3 Å². The van der Waals surface area contributed by atoms with Gasteiger partial charge >= 0.3 is 0 Å². The fraction of sp³-hybridized carbons (Fsp3) is 0.600. The number of aliphatic hydroxyl groups is 2. The van der Waals surface area contributed by atoms with Gasteiger partial charge in [0.05, 0.1) is 13.2 Å². The molecule has 0 amide bonds. The van der Waals surface area contributed by atoms with E-state index in [0.717, 1.165) is 5.56 Å². The number of hydrogen-bond acceptors (Lipinski definition) is 6. The maximum Gasteiger partial charge on any atom is 0.186 e. The van der Waals surface area contributed by atoms with Crippen molar-refractivity contribution in [1.29, 1.82) is 0 Å². The molecule has 2 N–H and O–H groups in total. The molecule has 1 saturated heterocycles. The van der Waals surface area contributed by atoms with Gasteiger partial charge in [0.2, 0.25) is 0 Å². The average molecular weight is 298 g/mol. The highest BCUT2D eigenvalue weighted by Gasteiger charge is 2.46. The number of hydrogen-bond donors (Lipinski definition) is 2. The third-order valence-corrected chi connectivity index (χ3v) is 3.59. The molecule has 0 aliphatic carbocycles. The summed E-state index contributed by atoms with van der Waals surface area (Å²) in [5, 5.41) is 19.4. The highest BCUT2D eigenvalue weighted by molar-refractivity contribution is 5.13. The van der Waals surface area contributed by atoms with Crippen molar-refractivity contribution in [2.75, 3.05) is 20.8 Å². The quantitative estimate of drug-likeness (QED) is 0.787. The second-order valence-electron chi connectivity index (χ2n) is 4.91. The molecule has 1 aromatic rings. The summed E-state index contributed by atoms with van der Waals surface area (Å²) >= 11 is 0. The van der Waals surface area contributed by atoms with Crippen LogP contribution in [0.3, 0.4) is 0 Å². The lowest BCUT2D eigenvalue weighted by Gasteiger charge is -2.42. The van der Waals surface area contributed by atoms with Crippen molar-refractivity contribution in [2.45, 2.75) is 37.3 Å². The molecule has 0 saturated carbocycles. The van der Waals surface area contributed by atoms with Crippen LogP contribution in [0.25, 0.3) is 0 Å². The van der Waals surface area contributed by atoms with Crippen molar-refractivity contribution in [1.82, 2.24) is 0 Å². The van der Waals surface area contributed by atoms with Crippen molar-refractivity contribution >= 4 is 0 Å². The van der Waals surface area contributed by atoms with E-state index in [-0.39, 0.29) is 6.61 Å². The van der Waals surface area contributed by atoms with Crippen LogP contribution in [0.2, 0.25) is 0 Å². The summed E-state index contributed by atoms with van der Waals surface area (Å²) in [6.45, 7) is 0.0391. The lowest BCUT2D eigenvalue weighted by atomic mass is 9.99. The molecule has 6 nitrogen and oxygen atoms in total. The van der Waals surface area contributed by atoms with Crippen molar-refractivity contribution < 1.29 is 29.2 Å². The number of benzene rings is 1. The summed E-state index contributed by atoms with van der Waals surface area (Å²) in [6, 6.07) is 9.67. The highest BCUT2D eigenvalue weighted by atomic mass is 16.7. The van der Waals surface area contributed by atoms with E-state index < -0.39 is 30.7 Å². The Kier molecular flexibility index (Phi) is 6.10. The number of methoxy groups -OCH3 is 2. The van der Waals surface area contributed by atoms with E-state index in [4.69, 9.17) is 18.9 Å². The maximum atomic E-state index is 10.2. The molecule has 0 radical (unpaired) electrons. The van der Waals surface area contributed by atoms with E-state index in [1.807, 2.05) is 30.3 Å². The minimum absolute atomic E-state index is 0.313. The predicted octanol–water partition coefficient (Wildman–Crippen LogP) is 0.311. The summed E-state index contributed by atoms with van der Waals surface area (Å²) in [6.07, 6.45) is -3.66. The van der Waals surface area contributed by atoms with Gasteiger partial charge in [-0.1, -0.05) is 30.3 Å². The zero-order valence-electron chi connectivity index (χ0n) is 12.2. The molecule has 0 unspecified atom stereocenters. The second kappa shape index (κ2) is 7.84. The Balaban J connectivity index is 2.06. The van der Waals surface area contributed by atoms with Gasteiger partial charge in [0.25, 0.3) is 0 Å². The summed E-state index contributed by atoms with van der Waals surface area (Å²) < 4.78 is 21.9. The summed E-state index contributed by atoms with van der Waals surface area (Å²) in [7, 11) is 2.97. The molecule has 6 heteroatoms. The summed E-state index contributed by atoms with van der Waals surface area (Å²) in [4.78, 5) is 0. The van der Waals surface area contributed by atoms with Gasteiger partial charge in [-0.25, -0.2) is 0 Å². The van der Waals surface area contributed by atoms with Crippen LogP contribution >= 0.6 is 0 Å². The van der Waals surface area contributed by atoms with Crippen molar-refractivity contribution in [3.05, 3.63) is 35.9 Å². The zero-order chi connectivity index (χ0) is 15.2. The predicted molar refractivity (Wildman–Crippen MR) is 74.6 cm³/mol. The molecule has 2 rings (SSSR count). The van der Waals surface area contributed by atoms with Gasteiger partial charge < -0.3 is 29.2 Å². The molecular weight excluding hydrogens is 276 g/mol. The average Bonchev–Trinajstić information content (AvgIpc) is 2.53. The van der Waals surface area contributed by atoms with Gasteiger partial charge in [0, 0.05) is 14.2 Å². The summed E-state index contributed by atoms with van der Waals surface area (Å²) in [5.74, 6) is 0. The molecule has 0 spiro atoms. The Morgan fingerprint density at radius 1 is 1.10 bits per heavy atom. The zero-order valence-corrected chi connectivity index (χ0v) is 12.2. The van der Waals surface area contributed by atoms with Gasteiger partial charge in [-0.05, 0) is 5.56 Å². The first-order valence-corrected chi connectivity index (χ1v) is 6.86. The fourth-order valence-corrected chi connectivity index (χ4v) is 2.45. The molecule has 1 aromatic carbocycles. The highest BCUT2D eigenvalue weighted by Crippen LogP contribution is 2.26. The van der Waals surface area contributed by atoms with Gasteiger partial charge in [-0.2, -0.15) is 0 Å². The van der Waals surface area contributed by atoms with Crippen molar-refractivity contribution in [3.8, 4) is 0 Å². The first-order valence-electron chi connectivity index (χ1n) is 6.86. The van der Waals surface area contributed by atoms with Crippen LogP contribution in [0, 0.1) is 0 Å². The minimum Gasteiger partial charge on any atom is -0.394 e. The van der Waals surface area contributed by atoms with Crippen molar-refractivity contribution in [2.24, 2.45) is 0 Å². The van der Waals surface area contributed by atoms with Gasteiger partial charge in [-0.3, -0.25) is 0 Å². The van der Waals surface area contributed by atoms with Gasteiger partial charge in [0.1, 0.15) is 24.4 Å². The Morgan fingerprint density at radius 2 is 1.81 bits per heavy atom. The molecule has 1 aliphatic rings. The fourth-order valence-electron chi connectivity index (χ4n) is 2.45. The normalized spacial score (nSPS) is 33.0. The molecule has 21 heavy (non-hydrogen) atoms. The lowest BCUT2D eigenvalue weighted by Crippen LogP contribution is -2.60. The standard InChI is InChI=1S/C15H22O6/c1-18-13-12(17)11(8-16)21-15(19-2)14(13)20-9-10-6-4-3-5-7-10/h3-7,11-17H,8-9H2,1-2H3/t11-,12-,13+,14-,15+/m1/s1. The van der Waals surface area contributed by atoms with Gasteiger partial charge in [-0.15, -0.1) is 0 Å². The Morgan fingerprint density at radius 3 is 2.38 bits per heavy atom. The molecule has 118 valence electrons. The molecular formula is C15H22O6. The van der Waals surface area contributed by atoms with Gasteiger partial charge in [0.15, 0.2) is 6.29 Å².